The van der Waals surface area contributed by atoms with E-state index in [1.165, 1.54) is 6.07 Å². The Hall–Kier alpha value is -2.34. The van der Waals surface area contributed by atoms with Crippen LogP contribution in [0, 0.1) is 5.82 Å². The first kappa shape index (κ1) is 15.6. The molecule has 0 aliphatic rings. The molecule has 0 atom stereocenters. The zero-order chi connectivity index (χ0) is 16.4. The molecule has 0 aliphatic carbocycles. The highest BCUT2D eigenvalue weighted by Gasteiger charge is 2.15. The topological polar surface area (TPSA) is 70.9 Å². The molecule has 0 radical (unpaired) electrons. The van der Waals surface area contributed by atoms with E-state index in [9.17, 15) is 9.18 Å². The molecule has 0 aliphatic heterocycles. The molecule has 4 N–H and O–H groups in total. The van der Waals surface area contributed by atoms with Gasteiger partial charge in [-0.25, -0.2) is 4.39 Å². The van der Waals surface area contributed by atoms with E-state index in [0.29, 0.717) is 16.7 Å². The molecule has 1 aromatic heterocycles. The van der Waals surface area contributed by atoms with Crippen LogP contribution >= 0.6 is 15.9 Å². The van der Waals surface area contributed by atoms with E-state index in [4.69, 9.17) is 5.73 Å². The third-order valence-corrected chi connectivity index (χ3v) is 4.14. The van der Waals surface area contributed by atoms with Gasteiger partial charge in [-0.2, -0.15) is 0 Å². The second-order valence-electron chi connectivity index (χ2n) is 5.21. The Morgan fingerprint density at radius 1 is 1.30 bits per heavy atom. The first-order chi connectivity index (χ1) is 11.1. The molecule has 1 amide bonds. The lowest BCUT2D eigenvalue weighted by Gasteiger charge is -2.11. The van der Waals surface area contributed by atoms with Crippen LogP contribution in [0.3, 0.4) is 0 Å². The summed E-state index contributed by atoms with van der Waals surface area (Å²) in [6.07, 6.45) is 2.69. The number of H-pyrrole nitrogens is 1. The number of anilines is 1. The van der Waals surface area contributed by atoms with Crippen LogP contribution in [0.4, 0.5) is 10.1 Å². The lowest BCUT2D eigenvalue weighted by molar-refractivity contribution is 0.0997. The molecule has 4 nitrogen and oxygen atoms in total. The van der Waals surface area contributed by atoms with Crippen LogP contribution in [0.15, 0.2) is 47.1 Å². The second-order valence-corrected chi connectivity index (χ2v) is 6.13. The van der Waals surface area contributed by atoms with Crippen molar-refractivity contribution in [3.05, 3.63) is 64.0 Å². The average Bonchev–Trinajstić information content (AvgIpc) is 2.89. The molecule has 0 unspecified atom stereocenters. The van der Waals surface area contributed by atoms with Gasteiger partial charge in [-0.1, -0.05) is 34.1 Å². The molecule has 1 heterocycles. The predicted octanol–water partition coefficient (Wildman–Crippen LogP) is 3.82. The minimum atomic E-state index is -0.787. The molecular formula is C17H15BrFN3O. The number of nitrogens with one attached hydrogen (secondary N) is 2. The number of primary amides is 1. The number of amides is 1. The van der Waals surface area contributed by atoms with Crippen LogP contribution in [0.25, 0.3) is 10.9 Å². The lowest BCUT2D eigenvalue weighted by Crippen LogP contribution is -2.17. The molecule has 0 fully saturated rings. The van der Waals surface area contributed by atoms with Gasteiger partial charge in [0.1, 0.15) is 5.82 Å². The van der Waals surface area contributed by atoms with Gasteiger partial charge >= 0.3 is 0 Å². The number of aromatic amines is 1. The summed E-state index contributed by atoms with van der Waals surface area (Å²) in [5.74, 6) is -1.42. The molecule has 2 aromatic carbocycles. The number of rotatable bonds is 5. The maximum absolute atomic E-state index is 13.9. The van der Waals surface area contributed by atoms with E-state index in [0.717, 1.165) is 22.9 Å². The van der Waals surface area contributed by atoms with E-state index in [1.807, 2.05) is 24.4 Å². The highest BCUT2D eigenvalue weighted by Crippen LogP contribution is 2.25. The van der Waals surface area contributed by atoms with Gasteiger partial charge < -0.3 is 16.0 Å². The number of hydrogen-bond donors (Lipinski definition) is 3. The molecule has 118 valence electrons. The van der Waals surface area contributed by atoms with Crippen molar-refractivity contribution in [1.82, 2.24) is 4.98 Å². The van der Waals surface area contributed by atoms with Crippen LogP contribution in [0.2, 0.25) is 0 Å². The minimum absolute atomic E-state index is 0.118. The van der Waals surface area contributed by atoms with Crippen LogP contribution in [-0.4, -0.2) is 17.4 Å². The molecular weight excluding hydrogens is 361 g/mol. The third-order valence-electron chi connectivity index (χ3n) is 3.69. The summed E-state index contributed by atoms with van der Waals surface area (Å²) >= 11 is 3.22. The summed E-state index contributed by atoms with van der Waals surface area (Å²) < 4.78 is 14.4. The lowest BCUT2D eigenvalue weighted by atomic mass is 10.1. The van der Waals surface area contributed by atoms with Crippen LogP contribution in [0.1, 0.15) is 15.9 Å². The quantitative estimate of drug-likeness (QED) is 0.634. The van der Waals surface area contributed by atoms with Crippen LogP contribution < -0.4 is 11.1 Å². The summed E-state index contributed by atoms with van der Waals surface area (Å²) in [6, 6.07) is 10.9. The number of benzene rings is 2. The van der Waals surface area contributed by atoms with Crippen LogP contribution in [0.5, 0.6) is 0 Å². The van der Waals surface area contributed by atoms with E-state index in [2.05, 4.69) is 32.3 Å². The van der Waals surface area contributed by atoms with E-state index in [-0.39, 0.29) is 5.56 Å². The van der Waals surface area contributed by atoms with Gasteiger partial charge in [0.25, 0.3) is 5.91 Å². The fourth-order valence-corrected chi connectivity index (χ4v) is 3.06. The van der Waals surface area contributed by atoms with Crippen molar-refractivity contribution in [1.29, 1.82) is 0 Å². The van der Waals surface area contributed by atoms with Crippen molar-refractivity contribution in [2.45, 2.75) is 6.42 Å². The number of carbonyl (C=O) groups is 1. The van der Waals surface area contributed by atoms with Gasteiger partial charge in [-0.3, -0.25) is 4.79 Å². The van der Waals surface area contributed by atoms with Gasteiger partial charge in [0, 0.05) is 28.1 Å². The van der Waals surface area contributed by atoms with Crippen molar-refractivity contribution >= 4 is 38.4 Å². The highest BCUT2D eigenvalue weighted by atomic mass is 79.9. The van der Waals surface area contributed by atoms with Crippen molar-refractivity contribution in [3.8, 4) is 0 Å². The van der Waals surface area contributed by atoms with Crippen molar-refractivity contribution in [3.63, 3.8) is 0 Å². The maximum atomic E-state index is 13.9. The highest BCUT2D eigenvalue weighted by molar-refractivity contribution is 9.10. The fraction of sp³-hybridized carbons (Fsp3) is 0.118. The minimum Gasteiger partial charge on any atom is -0.384 e. The smallest absolute Gasteiger partial charge is 0.253 e. The molecule has 0 saturated heterocycles. The van der Waals surface area contributed by atoms with Gasteiger partial charge in [0.15, 0.2) is 0 Å². The Bertz CT molecular complexity index is 875. The van der Waals surface area contributed by atoms with Crippen molar-refractivity contribution in [2.75, 3.05) is 11.9 Å². The Kier molecular flexibility index (Phi) is 4.34. The molecule has 3 rings (SSSR count). The summed E-state index contributed by atoms with van der Waals surface area (Å²) in [5.41, 5.74) is 7.78. The number of fused-ring (bicyclic) bond motifs is 1. The Morgan fingerprint density at radius 2 is 2.09 bits per heavy atom. The average molecular weight is 376 g/mol. The Balaban J connectivity index is 1.77. The molecule has 0 spiro atoms. The summed E-state index contributed by atoms with van der Waals surface area (Å²) in [7, 11) is 0. The largest absolute Gasteiger partial charge is 0.384 e. The normalized spacial score (nSPS) is 10.9. The number of halogens is 2. The fourth-order valence-electron chi connectivity index (χ4n) is 2.63. The number of nitrogens with two attached hydrogens (primary N) is 1. The molecule has 0 bridgehead atoms. The van der Waals surface area contributed by atoms with Gasteiger partial charge in [0.05, 0.1) is 11.3 Å². The third kappa shape index (κ3) is 3.22. The van der Waals surface area contributed by atoms with Gasteiger partial charge in [0.2, 0.25) is 0 Å². The summed E-state index contributed by atoms with van der Waals surface area (Å²) in [6.45, 7) is 0.554. The molecule has 6 heteroatoms. The zero-order valence-electron chi connectivity index (χ0n) is 12.2. The number of hydrogen-bond acceptors (Lipinski definition) is 2. The zero-order valence-corrected chi connectivity index (χ0v) is 13.8. The monoisotopic (exact) mass is 375 g/mol. The van der Waals surface area contributed by atoms with Crippen LogP contribution in [-0.2, 0) is 6.42 Å². The van der Waals surface area contributed by atoms with E-state index >= 15 is 0 Å². The predicted molar refractivity (Wildman–Crippen MR) is 93.1 cm³/mol. The maximum Gasteiger partial charge on any atom is 0.253 e. The first-order valence-corrected chi connectivity index (χ1v) is 7.93. The first-order valence-electron chi connectivity index (χ1n) is 7.14. The van der Waals surface area contributed by atoms with E-state index < -0.39 is 11.7 Å². The number of carbonyl (C=O) groups excluding carboxylic acids is 1. The standard InChI is InChI=1S/C17H15BrFN3O/c18-11-7-13(19)16(17(20)23)15(8-11)21-6-5-10-9-22-14-4-2-1-3-12(10)14/h1-4,7-9,21-22H,5-6H2,(H2,20,23). The van der Waals surface area contributed by atoms with Crippen molar-refractivity contribution in [2.24, 2.45) is 5.73 Å². The molecule has 0 saturated carbocycles. The molecule has 23 heavy (non-hydrogen) atoms. The molecule has 3 aromatic rings. The van der Waals surface area contributed by atoms with Gasteiger partial charge in [-0.05, 0) is 30.2 Å². The number of aromatic nitrogens is 1. The summed E-state index contributed by atoms with van der Waals surface area (Å²) in [4.78, 5) is 14.7. The second kappa shape index (κ2) is 6.42. The Labute approximate surface area is 141 Å². The van der Waals surface area contributed by atoms with E-state index in [1.54, 1.807) is 6.07 Å². The SMILES string of the molecule is NC(=O)c1c(F)cc(Br)cc1NCCc1c[nH]c2ccccc12. The van der Waals surface area contributed by atoms with Crippen molar-refractivity contribution < 1.29 is 9.18 Å². The summed E-state index contributed by atoms with van der Waals surface area (Å²) in [5, 5.41) is 4.25. The number of para-hydroxylation sites is 1. The Morgan fingerprint density at radius 3 is 2.87 bits per heavy atom. The van der Waals surface area contributed by atoms with Gasteiger partial charge in [-0.15, -0.1) is 0 Å².